The summed E-state index contributed by atoms with van der Waals surface area (Å²) >= 11 is 0. The van der Waals surface area contributed by atoms with Gasteiger partial charge in [0.25, 0.3) is 0 Å². The van der Waals surface area contributed by atoms with Crippen molar-refractivity contribution in [2.75, 3.05) is 6.79 Å². The SMILES string of the molecule is c1cnc2c(c1)CCc1cc3c(cc1-2)OCO3. The fourth-order valence-corrected chi connectivity index (χ4v) is 2.56. The largest absolute Gasteiger partial charge is 0.454 e. The Labute approximate surface area is 99.0 Å². The highest BCUT2D eigenvalue weighted by molar-refractivity contribution is 5.73. The molecule has 0 amide bonds. The van der Waals surface area contributed by atoms with E-state index in [9.17, 15) is 0 Å². The Hall–Kier alpha value is -2.03. The second-order valence-electron chi connectivity index (χ2n) is 4.37. The van der Waals surface area contributed by atoms with Crippen LogP contribution in [-0.2, 0) is 12.8 Å². The van der Waals surface area contributed by atoms with Crippen LogP contribution in [0, 0.1) is 0 Å². The van der Waals surface area contributed by atoms with Gasteiger partial charge in [0.2, 0.25) is 6.79 Å². The molecule has 1 aliphatic carbocycles. The molecule has 0 atom stereocenters. The maximum atomic E-state index is 5.43. The van der Waals surface area contributed by atoms with Crippen molar-refractivity contribution in [3.63, 3.8) is 0 Å². The third-order valence-corrected chi connectivity index (χ3v) is 3.41. The molecule has 0 fully saturated rings. The predicted octanol–water partition coefficient (Wildman–Crippen LogP) is 2.58. The molecule has 1 aromatic heterocycles. The van der Waals surface area contributed by atoms with Gasteiger partial charge in [-0.3, -0.25) is 4.98 Å². The van der Waals surface area contributed by atoms with Crippen LogP contribution >= 0.6 is 0 Å². The number of fused-ring (bicyclic) bond motifs is 4. The van der Waals surface area contributed by atoms with Crippen molar-refractivity contribution in [1.82, 2.24) is 4.98 Å². The van der Waals surface area contributed by atoms with E-state index in [-0.39, 0.29) is 0 Å². The van der Waals surface area contributed by atoms with Crippen molar-refractivity contribution in [2.45, 2.75) is 12.8 Å². The summed E-state index contributed by atoms with van der Waals surface area (Å²) in [5, 5.41) is 0. The lowest BCUT2D eigenvalue weighted by Gasteiger charge is -2.18. The predicted molar refractivity (Wildman–Crippen MR) is 63.2 cm³/mol. The Kier molecular flexibility index (Phi) is 1.72. The average molecular weight is 225 g/mol. The molecule has 0 saturated carbocycles. The molecule has 2 aromatic rings. The molecule has 4 rings (SSSR count). The van der Waals surface area contributed by atoms with E-state index >= 15 is 0 Å². The summed E-state index contributed by atoms with van der Waals surface area (Å²) in [6, 6.07) is 8.30. The van der Waals surface area contributed by atoms with Crippen LogP contribution in [0.15, 0.2) is 30.5 Å². The van der Waals surface area contributed by atoms with Crippen molar-refractivity contribution in [1.29, 1.82) is 0 Å². The lowest BCUT2D eigenvalue weighted by atomic mass is 9.89. The highest BCUT2D eigenvalue weighted by Gasteiger charge is 2.22. The minimum absolute atomic E-state index is 0.327. The zero-order chi connectivity index (χ0) is 11.2. The number of rotatable bonds is 0. The highest BCUT2D eigenvalue weighted by Crippen LogP contribution is 2.41. The third-order valence-electron chi connectivity index (χ3n) is 3.41. The number of aromatic nitrogens is 1. The summed E-state index contributed by atoms with van der Waals surface area (Å²) in [5.41, 5.74) is 4.91. The molecule has 1 aliphatic heterocycles. The first-order chi connectivity index (χ1) is 8.42. The normalized spacial score (nSPS) is 15.3. The molecule has 0 radical (unpaired) electrons. The molecule has 2 aliphatic rings. The molecule has 3 heteroatoms. The maximum Gasteiger partial charge on any atom is 0.231 e. The fraction of sp³-hybridized carbons (Fsp3) is 0.214. The van der Waals surface area contributed by atoms with Crippen LogP contribution in [0.4, 0.5) is 0 Å². The average Bonchev–Trinajstić information content (AvgIpc) is 2.83. The number of hydrogen-bond acceptors (Lipinski definition) is 3. The molecule has 0 spiro atoms. The highest BCUT2D eigenvalue weighted by atomic mass is 16.7. The van der Waals surface area contributed by atoms with Crippen LogP contribution in [-0.4, -0.2) is 11.8 Å². The number of pyridine rings is 1. The van der Waals surface area contributed by atoms with Gasteiger partial charge in [-0.1, -0.05) is 6.07 Å². The van der Waals surface area contributed by atoms with Gasteiger partial charge in [0, 0.05) is 11.8 Å². The van der Waals surface area contributed by atoms with Crippen LogP contribution in [0.1, 0.15) is 11.1 Å². The maximum absolute atomic E-state index is 5.43. The lowest BCUT2D eigenvalue weighted by Crippen LogP contribution is -2.05. The Morgan fingerprint density at radius 3 is 2.76 bits per heavy atom. The first kappa shape index (κ1) is 9.05. The number of hydrogen-bond donors (Lipinski definition) is 0. The van der Waals surface area contributed by atoms with Gasteiger partial charge in [-0.25, -0.2) is 0 Å². The zero-order valence-corrected chi connectivity index (χ0v) is 9.27. The van der Waals surface area contributed by atoms with Gasteiger partial charge < -0.3 is 9.47 Å². The van der Waals surface area contributed by atoms with Gasteiger partial charge in [-0.15, -0.1) is 0 Å². The second-order valence-corrected chi connectivity index (χ2v) is 4.37. The minimum Gasteiger partial charge on any atom is -0.454 e. The molecular formula is C14H11NO2. The van der Waals surface area contributed by atoms with Crippen LogP contribution < -0.4 is 9.47 Å². The van der Waals surface area contributed by atoms with Crippen molar-refractivity contribution in [3.05, 3.63) is 41.6 Å². The minimum atomic E-state index is 0.327. The lowest BCUT2D eigenvalue weighted by molar-refractivity contribution is 0.174. The van der Waals surface area contributed by atoms with Crippen LogP contribution in [0.25, 0.3) is 11.3 Å². The smallest absolute Gasteiger partial charge is 0.231 e. The summed E-state index contributed by atoms with van der Waals surface area (Å²) in [6.45, 7) is 0.327. The topological polar surface area (TPSA) is 31.4 Å². The van der Waals surface area contributed by atoms with Crippen molar-refractivity contribution in [3.8, 4) is 22.8 Å². The monoisotopic (exact) mass is 225 g/mol. The molecule has 0 unspecified atom stereocenters. The molecule has 0 N–H and O–H groups in total. The first-order valence-electron chi connectivity index (χ1n) is 5.78. The molecule has 0 saturated heterocycles. The second kappa shape index (κ2) is 3.23. The van der Waals surface area contributed by atoms with Gasteiger partial charge in [-0.2, -0.15) is 0 Å². The van der Waals surface area contributed by atoms with Crippen LogP contribution in [0.2, 0.25) is 0 Å². The quantitative estimate of drug-likeness (QED) is 0.690. The number of nitrogens with zero attached hydrogens (tertiary/aromatic N) is 1. The number of benzene rings is 1. The van der Waals surface area contributed by atoms with E-state index in [1.165, 1.54) is 16.7 Å². The summed E-state index contributed by atoms with van der Waals surface area (Å²) in [4.78, 5) is 4.49. The van der Waals surface area contributed by atoms with Crippen molar-refractivity contribution < 1.29 is 9.47 Å². The summed E-state index contributed by atoms with van der Waals surface area (Å²) in [7, 11) is 0. The molecule has 17 heavy (non-hydrogen) atoms. The van der Waals surface area contributed by atoms with E-state index in [2.05, 4.69) is 23.2 Å². The van der Waals surface area contributed by atoms with Gasteiger partial charge in [0.05, 0.1) is 5.69 Å². The van der Waals surface area contributed by atoms with E-state index in [1.54, 1.807) is 0 Å². The summed E-state index contributed by atoms with van der Waals surface area (Å²) in [5.74, 6) is 1.70. The van der Waals surface area contributed by atoms with Crippen LogP contribution in [0.3, 0.4) is 0 Å². The van der Waals surface area contributed by atoms with E-state index in [4.69, 9.17) is 9.47 Å². The van der Waals surface area contributed by atoms with E-state index in [0.717, 1.165) is 30.0 Å². The van der Waals surface area contributed by atoms with Gasteiger partial charge >= 0.3 is 0 Å². The molecule has 3 nitrogen and oxygen atoms in total. The third kappa shape index (κ3) is 1.25. The Morgan fingerprint density at radius 2 is 1.82 bits per heavy atom. The van der Waals surface area contributed by atoms with Gasteiger partial charge in [-0.05, 0) is 42.2 Å². The first-order valence-corrected chi connectivity index (χ1v) is 5.78. The fourth-order valence-electron chi connectivity index (χ4n) is 2.56. The summed E-state index contributed by atoms with van der Waals surface area (Å²) < 4.78 is 10.8. The van der Waals surface area contributed by atoms with E-state index < -0.39 is 0 Å². The number of ether oxygens (including phenoxy) is 2. The van der Waals surface area contributed by atoms with Gasteiger partial charge in [0.15, 0.2) is 11.5 Å². The standard InChI is InChI=1S/C14H11NO2/c1-2-9-3-4-10-6-12-13(17-8-16-12)7-11(10)14(9)15-5-1/h1-2,5-7H,3-4,8H2. The molecule has 1 aromatic carbocycles. The molecule has 2 heterocycles. The van der Waals surface area contributed by atoms with Crippen molar-refractivity contribution in [2.24, 2.45) is 0 Å². The number of aryl methyl sites for hydroxylation is 2. The summed E-state index contributed by atoms with van der Waals surface area (Å²) in [6.07, 6.45) is 3.94. The van der Waals surface area contributed by atoms with E-state index in [1.807, 2.05) is 12.3 Å². The molecule has 0 bridgehead atoms. The Balaban J connectivity index is 1.98. The molecular weight excluding hydrogens is 214 g/mol. The van der Waals surface area contributed by atoms with Crippen molar-refractivity contribution >= 4 is 0 Å². The zero-order valence-electron chi connectivity index (χ0n) is 9.27. The van der Waals surface area contributed by atoms with E-state index in [0.29, 0.717) is 6.79 Å². The molecule has 84 valence electrons. The Bertz CT molecular complexity index is 607. The van der Waals surface area contributed by atoms with Crippen LogP contribution in [0.5, 0.6) is 11.5 Å². The Morgan fingerprint density at radius 1 is 1.00 bits per heavy atom. The van der Waals surface area contributed by atoms with Gasteiger partial charge in [0.1, 0.15) is 0 Å².